The molecule has 0 N–H and O–H groups in total. The van der Waals surface area contributed by atoms with Crippen LogP contribution in [-0.4, -0.2) is 32.8 Å². The fourth-order valence-electron chi connectivity index (χ4n) is 4.03. The van der Waals surface area contributed by atoms with Gasteiger partial charge in [-0.15, -0.1) is 0 Å². The molecule has 2 aromatic rings. The van der Waals surface area contributed by atoms with E-state index in [2.05, 4.69) is 31.9 Å². The molecule has 0 fully saturated rings. The molecule has 0 saturated heterocycles. The smallest absolute Gasteiger partial charge is 0.168 e. The maximum Gasteiger partial charge on any atom is 0.168 e. The predicted octanol–water partition coefficient (Wildman–Crippen LogP) is 6.06. The molecule has 0 spiro atoms. The number of halogens is 2. The van der Waals surface area contributed by atoms with Crippen LogP contribution in [0, 0.1) is 0 Å². The Labute approximate surface area is 228 Å². The Balaban J connectivity index is 2.19. The molecule has 0 radical (unpaired) electrons. The standard InChI is InChI=1S/C28H32Br2O6/c1-25(2)15(31)9-10-16(32)26(3,4)18-12-14-20(36-18)28(7,8)24(34)22(30)21(29)23(33)27(5,6)19-13-11-17(25)35-19/h9-14,21-22H,1-8H3. The zero-order valence-electron chi connectivity index (χ0n) is 21.8. The maximum absolute atomic E-state index is 13.6. The molecule has 1 aliphatic heterocycles. The lowest BCUT2D eigenvalue weighted by Gasteiger charge is -2.30. The highest BCUT2D eigenvalue weighted by molar-refractivity contribution is 9.12. The summed E-state index contributed by atoms with van der Waals surface area (Å²) in [5, 5.41) is 0. The molecule has 194 valence electrons. The summed E-state index contributed by atoms with van der Waals surface area (Å²) in [6.07, 6.45) is 2.51. The van der Waals surface area contributed by atoms with Crippen LogP contribution in [0.5, 0.6) is 0 Å². The van der Waals surface area contributed by atoms with Crippen molar-refractivity contribution in [2.45, 2.75) is 86.7 Å². The van der Waals surface area contributed by atoms with Crippen molar-refractivity contribution >= 4 is 55.0 Å². The first kappa shape index (κ1) is 28.5. The van der Waals surface area contributed by atoms with Gasteiger partial charge in [0.05, 0.1) is 31.3 Å². The SMILES string of the molecule is CC1(C)C(=O)C=CC(=O)C(C)(C)c2ccc(o2)C(C)(C)C(=O)C(Br)C(Br)C(=O)C(C)(C)c2ccc1o2. The third kappa shape index (κ3) is 4.67. The predicted molar refractivity (Wildman–Crippen MR) is 144 cm³/mol. The summed E-state index contributed by atoms with van der Waals surface area (Å²) in [6.45, 7) is 13.7. The Hall–Kier alpha value is -2.06. The first-order chi connectivity index (χ1) is 16.4. The van der Waals surface area contributed by atoms with E-state index in [0.29, 0.717) is 23.0 Å². The van der Waals surface area contributed by atoms with Crippen molar-refractivity contribution in [3.05, 3.63) is 59.5 Å². The summed E-state index contributed by atoms with van der Waals surface area (Å²) in [5.41, 5.74) is -4.34. The molecule has 3 rings (SSSR count). The number of ketones is 4. The Kier molecular flexibility index (Phi) is 7.41. The maximum atomic E-state index is 13.6. The molecular weight excluding hydrogens is 592 g/mol. The van der Waals surface area contributed by atoms with E-state index in [9.17, 15) is 19.2 Å². The molecule has 3 heterocycles. The van der Waals surface area contributed by atoms with Crippen LogP contribution in [0.1, 0.15) is 78.4 Å². The van der Waals surface area contributed by atoms with Gasteiger partial charge in [-0.1, -0.05) is 31.9 Å². The van der Waals surface area contributed by atoms with E-state index >= 15 is 0 Å². The Morgan fingerprint density at radius 1 is 0.528 bits per heavy atom. The van der Waals surface area contributed by atoms with Gasteiger partial charge in [0.1, 0.15) is 23.0 Å². The van der Waals surface area contributed by atoms with Crippen molar-refractivity contribution in [3.8, 4) is 0 Å². The summed E-state index contributed by atoms with van der Waals surface area (Å²) in [4.78, 5) is 51.7. The Morgan fingerprint density at radius 3 is 1.06 bits per heavy atom. The minimum absolute atomic E-state index is 0.258. The van der Waals surface area contributed by atoms with Crippen molar-refractivity contribution in [2.75, 3.05) is 0 Å². The first-order valence-electron chi connectivity index (χ1n) is 11.7. The zero-order chi connectivity index (χ0) is 27.4. The molecular formula is C28H32Br2O6. The summed E-state index contributed by atoms with van der Waals surface area (Å²) in [7, 11) is 0. The third-order valence-corrected chi connectivity index (χ3v) is 9.88. The summed E-state index contributed by atoms with van der Waals surface area (Å²) in [6, 6.07) is 6.69. The second kappa shape index (κ2) is 9.35. The van der Waals surface area contributed by atoms with Gasteiger partial charge in [0.25, 0.3) is 0 Å². The van der Waals surface area contributed by atoms with Crippen molar-refractivity contribution in [1.82, 2.24) is 0 Å². The average molecular weight is 624 g/mol. The lowest BCUT2D eigenvalue weighted by atomic mass is 9.79. The number of hydrogen-bond donors (Lipinski definition) is 0. The van der Waals surface area contributed by atoms with E-state index in [1.54, 1.807) is 79.7 Å². The van der Waals surface area contributed by atoms with Gasteiger partial charge in [-0.25, -0.2) is 0 Å². The summed E-state index contributed by atoms with van der Waals surface area (Å²) >= 11 is 6.89. The highest BCUT2D eigenvalue weighted by Gasteiger charge is 2.47. The number of hydrogen-bond acceptors (Lipinski definition) is 6. The Bertz CT molecular complexity index is 1160. The Morgan fingerprint density at radius 2 is 0.778 bits per heavy atom. The fourth-order valence-corrected chi connectivity index (χ4v) is 5.65. The van der Waals surface area contributed by atoms with Crippen molar-refractivity contribution in [3.63, 3.8) is 0 Å². The van der Waals surface area contributed by atoms with E-state index in [1.807, 2.05) is 0 Å². The van der Waals surface area contributed by atoms with Crippen LogP contribution in [0.25, 0.3) is 0 Å². The molecule has 0 amide bonds. The van der Waals surface area contributed by atoms with Gasteiger partial charge in [0, 0.05) is 0 Å². The van der Waals surface area contributed by atoms with E-state index in [0.717, 1.165) is 0 Å². The van der Waals surface area contributed by atoms with E-state index in [1.165, 1.54) is 12.2 Å². The second-order valence-corrected chi connectivity index (χ2v) is 13.4. The number of carbonyl (C=O) groups is 4. The lowest BCUT2D eigenvalue weighted by Crippen LogP contribution is -2.46. The van der Waals surface area contributed by atoms with Crippen LogP contribution in [0.3, 0.4) is 0 Å². The van der Waals surface area contributed by atoms with Crippen LogP contribution in [0.2, 0.25) is 0 Å². The zero-order valence-corrected chi connectivity index (χ0v) is 25.0. The first-order valence-corrected chi connectivity index (χ1v) is 13.5. The van der Waals surface area contributed by atoms with E-state index in [4.69, 9.17) is 8.83 Å². The molecule has 2 aromatic heterocycles. The average Bonchev–Trinajstić information content (AvgIpc) is 3.51. The molecule has 6 nitrogen and oxygen atoms in total. The quantitative estimate of drug-likeness (QED) is 0.331. The summed E-state index contributed by atoms with van der Waals surface area (Å²) in [5.74, 6) is 0.338. The van der Waals surface area contributed by atoms with Gasteiger partial charge in [-0.2, -0.15) is 0 Å². The number of fused-ring (bicyclic) bond motifs is 4. The third-order valence-electron chi connectivity index (χ3n) is 7.28. The van der Waals surface area contributed by atoms with Crippen LogP contribution in [0.4, 0.5) is 0 Å². The normalized spacial score (nSPS) is 25.9. The fraction of sp³-hybridized carbons (Fsp3) is 0.500. The number of carbonyl (C=O) groups excluding carboxylic acids is 4. The van der Waals surface area contributed by atoms with Gasteiger partial charge in [-0.3, -0.25) is 19.2 Å². The molecule has 8 heteroatoms. The lowest BCUT2D eigenvalue weighted by molar-refractivity contribution is -0.128. The van der Waals surface area contributed by atoms with Crippen molar-refractivity contribution < 1.29 is 28.0 Å². The van der Waals surface area contributed by atoms with E-state index in [-0.39, 0.29) is 23.1 Å². The highest BCUT2D eigenvalue weighted by atomic mass is 79.9. The monoisotopic (exact) mass is 622 g/mol. The largest absolute Gasteiger partial charge is 0.464 e. The number of alkyl halides is 2. The molecule has 2 unspecified atom stereocenters. The van der Waals surface area contributed by atoms with Crippen LogP contribution in [-0.2, 0) is 40.8 Å². The second-order valence-electron chi connectivity index (χ2n) is 11.4. The summed E-state index contributed by atoms with van der Waals surface area (Å²) < 4.78 is 12.1. The van der Waals surface area contributed by atoms with Gasteiger partial charge in [0.15, 0.2) is 23.1 Å². The number of Topliss-reactive ketones (excluding diaryl/α,β-unsaturated/α-hetero) is 2. The minimum atomic E-state index is -1.10. The number of allylic oxidation sites excluding steroid dienone is 2. The van der Waals surface area contributed by atoms with Gasteiger partial charge in [-0.05, 0) is 91.8 Å². The highest BCUT2D eigenvalue weighted by Crippen LogP contribution is 2.39. The van der Waals surface area contributed by atoms with Crippen molar-refractivity contribution in [1.29, 1.82) is 0 Å². The molecule has 36 heavy (non-hydrogen) atoms. The van der Waals surface area contributed by atoms with Crippen molar-refractivity contribution in [2.24, 2.45) is 0 Å². The number of furan rings is 2. The van der Waals surface area contributed by atoms with Gasteiger partial charge < -0.3 is 8.83 Å². The van der Waals surface area contributed by atoms with Gasteiger partial charge in [0.2, 0.25) is 0 Å². The molecule has 0 saturated carbocycles. The molecule has 2 atom stereocenters. The number of rotatable bonds is 0. The van der Waals surface area contributed by atoms with Crippen LogP contribution >= 0.6 is 31.9 Å². The molecule has 0 aromatic carbocycles. The topological polar surface area (TPSA) is 94.6 Å². The molecule has 1 aliphatic rings. The van der Waals surface area contributed by atoms with Gasteiger partial charge >= 0.3 is 0 Å². The molecule has 0 aliphatic carbocycles. The molecule has 4 bridgehead atoms. The van der Waals surface area contributed by atoms with E-state index < -0.39 is 31.3 Å². The minimum Gasteiger partial charge on any atom is -0.464 e. The van der Waals surface area contributed by atoms with Crippen LogP contribution < -0.4 is 0 Å². The van der Waals surface area contributed by atoms with Crippen LogP contribution in [0.15, 0.2) is 45.3 Å².